The Balaban J connectivity index is -0.0000000152. The zero-order valence-electron chi connectivity index (χ0n) is 80.4. The van der Waals surface area contributed by atoms with Crippen LogP contribution in [0.4, 0.5) is 9.59 Å². The molecule has 0 bridgehead atoms. The SMILES string of the molecule is CC.CC.CC.CC.CC.CC.CC.CC.CC.CC.CC1CC(=O)N(C(=O)OCCCCCCOC(=O)N2C(=O)CC(S(=O)[O-])C2=O)C1=O.CN.CN.CN.CN.CN.CN.CN.CN.CN.CN.CN.CN.CN.CN.CN.CN.CN.CN.CN.CN.CN.CN.CN.CN.CN.CN.CN.CN. The van der Waals surface area contributed by atoms with E-state index in [1.54, 1.807) is 6.92 Å². The molecule has 2 aliphatic heterocycles. The average molecular weight is 1620 g/mol. The number of imide groups is 6. The predicted molar refractivity (Wildman–Crippen MR) is 493 cm³/mol. The molecule has 698 valence electrons. The highest BCUT2D eigenvalue weighted by Crippen LogP contribution is 2.20. The van der Waals surface area contributed by atoms with Crippen LogP contribution in [0.3, 0.4) is 0 Å². The third-order valence-electron chi connectivity index (χ3n) is 4.56. The summed E-state index contributed by atoms with van der Waals surface area (Å²) < 4.78 is 31.4. The first-order valence-corrected chi connectivity index (χ1v) is 36.6. The van der Waals surface area contributed by atoms with E-state index in [0.717, 1.165) is 0 Å². The van der Waals surface area contributed by atoms with Crippen LogP contribution in [0.15, 0.2) is 0 Å². The minimum Gasteiger partial charge on any atom is -0.772 e. The lowest BCUT2D eigenvalue weighted by Gasteiger charge is -2.14. The molecule has 3 atom stereocenters. The fourth-order valence-electron chi connectivity index (χ4n) is 2.93. The number of nitrogens with zero attached hydrogens (tertiary/aromatic N) is 2. The number of carbonyl (C=O) groups is 6. The molecular weight excluding hydrogens is 1390 g/mol. The van der Waals surface area contributed by atoms with Crippen LogP contribution in [-0.2, 0) is 39.7 Å². The van der Waals surface area contributed by atoms with Gasteiger partial charge >= 0.3 is 12.2 Å². The molecule has 0 saturated carbocycles. The highest BCUT2D eigenvalue weighted by atomic mass is 32.2. The smallest absolute Gasteiger partial charge is 0.423 e. The number of ether oxygens (including phenoxy) is 2. The summed E-state index contributed by atoms with van der Waals surface area (Å²) in [6, 6.07) is 0. The van der Waals surface area contributed by atoms with Gasteiger partial charge in [-0.3, -0.25) is 23.4 Å². The van der Waals surface area contributed by atoms with E-state index in [-0.39, 0.29) is 24.5 Å². The fourth-order valence-corrected chi connectivity index (χ4v) is 3.48. The van der Waals surface area contributed by atoms with Crippen molar-refractivity contribution in [3.05, 3.63) is 0 Å². The molecule has 0 spiro atoms. The van der Waals surface area contributed by atoms with Crippen molar-refractivity contribution in [2.24, 2.45) is 166 Å². The molecule has 0 aromatic rings. The molecule has 0 aromatic heterocycles. The zero-order chi connectivity index (χ0) is 98.4. The highest BCUT2D eigenvalue weighted by molar-refractivity contribution is 7.80. The van der Waals surface area contributed by atoms with Gasteiger partial charge in [0.15, 0.2) is 0 Å². The summed E-state index contributed by atoms with van der Waals surface area (Å²) in [6.07, 6.45) is -0.798. The Morgan fingerprint density at radius 1 is 0.283 bits per heavy atom. The molecule has 41 heteroatoms. The Morgan fingerprint density at radius 2 is 0.415 bits per heavy atom. The summed E-state index contributed by atoms with van der Waals surface area (Å²) in [5, 5.41) is -1.57. The van der Waals surface area contributed by atoms with Crippen molar-refractivity contribution in [2.45, 2.75) is 189 Å². The minimum atomic E-state index is -2.80. The molecule has 2 fully saturated rings. The molecule has 3 unspecified atom stereocenters. The molecular formula is C65H221N30O10S-. The van der Waals surface area contributed by atoms with Crippen LogP contribution in [0, 0.1) is 5.92 Å². The number of hydrogen-bond donors (Lipinski definition) is 28. The van der Waals surface area contributed by atoms with Crippen LogP contribution in [0.2, 0.25) is 0 Å². The van der Waals surface area contributed by atoms with Gasteiger partial charge in [0.2, 0.25) is 17.7 Å². The quantitative estimate of drug-likeness (QED) is 0.0753. The Morgan fingerprint density at radius 3 is 0.528 bits per heavy atom. The van der Waals surface area contributed by atoms with Crippen molar-refractivity contribution in [2.75, 3.05) is 211 Å². The number of carbonyl (C=O) groups excluding carboxylic acids is 6. The van der Waals surface area contributed by atoms with Crippen molar-refractivity contribution >= 4 is 46.9 Å². The Bertz CT molecular complexity index is 881. The third kappa shape index (κ3) is 376. The molecule has 0 aliphatic carbocycles. The van der Waals surface area contributed by atoms with Gasteiger partial charge in [-0.15, -0.1) is 0 Å². The molecule has 2 aliphatic rings. The van der Waals surface area contributed by atoms with Gasteiger partial charge in [-0.05, 0) is 234 Å². The van der Waals surface area contributed by atoms with E-state index in [1.165, 1.54) is 197 Å². The van der Waals surface area contributed by atoms with Gasteiger partial charge in [0.05, 0.1) is 13.2 Å². The standard InChI is InChI=1S/C17H22N2O10S.10C2H6.28CH5N/c1-10-8-12(20)18(14(10)22)16(24)28-6-4-2-3-5-7-29-17(25)19-13(21)9-11(15(19)23)30(26)27;38*1-2/h10-11H,2-9H2,1H3,(H,26,27);10*1-2H3;28*2H2,1H3/p-1. The number of likely N-dealkylation sites (tertiary alicyclic amines) is 2. The summed E-state index contributed by atoms with van der Waals surface area (Å²) >= 11 is -2.80. The van der Waals surface area contributed by atoms with Crippen LogP contribution in [0.1, 0.15) is 184 Å². The molecule has 56 N–H and O–H groups in total. The largest absolute Gasteiger partial charge is 0.772 e. The first kappa shape index (κ1) is 246. The van der Waals surface area contributed by atoms with Gasteiger partial charge in [-0.25, -0.2) is 9.59 Å². The Kier molecular flexibility index (Phi) is 1540. The molecule has 2 saturated heterocycles. The Labute approximate surface area is 667 Å². The van der Waals surface area contributed by atoms with E-state index in [2.05, 4.69) is 161 Å². The molecule has 40 nitrogen and oxygen atoms in total. The number of unbranched alkanes of at least 4 members (excludes halogenated alkanes) is 3. The maximum absolute atomic E-state index is 11.8. The summed E-state index contributed by atoms with van der Waals surface area (Å²) in [5.41, 5.74) is 126. The number of nitrogens with two attached hydrogens (primary N) is 28. The molecule has 6 amide bonds. The van der Waals surface area contributed by atoms with E-state index in [9.17, 15) is 37.5 Å². The van der Waals surface area contributed by atoms with E-state index in [0.29, 0.717) is 30.6 Å². The molecule has 106 heavy (non-hydrogen) atoms. The van der Waals surface area contributed by atoms with Crippen LogP contribution in [0.25, 0.3) is 0 Å². The normalized spacial score (nSPS) is 8.55. The van der Waals surface area contributed by atoms with E-state index >= 15 is 0 Å². The Hall–Kier alpha value is -3.79. The van der Waals surface area contributed by atoms with Crippen molar-refractivity contribution in [3.8, 4) is 0 Å². The highest BCUT2D eigenvalue weighted by Gasteiger charge is 2.44. The molecule has 2 heterocycles. The first-order chi connectivity index (χ1) is 52.1. The van der Waals surface area contributed by atoms with E-state index in [4.69, 9.17) is 9.47 Å². The second kappa shape index (κ2) is 661. The molecule has 0 radical (unpaired) electrons. The average Bonchev–Trinajstić information content (AvgIpc) is 1.69. The zero-order valence-corrected chi connectivity index (χ0v) is 81.2. The summed E-state index contributed by atoms with van der Waals surface area (Å²) in [7, 11) is 42.0. The van der Waals surface area contributed by atoms with E-state index in [1.807, 2.05) is 138 Å². The topological polar surface area (TPSA) is 896 Å². The maximum Gasteiger partial charge on any atom is 0.423 e. The van der Waals surface area contributed by atoms with E-state index < -0.39 is 64.5 Å². The monoisotopic (exact) mass is 1610 g/mol. The predicted octanol–water partition coefficient (Wildman–Crippen LogP) is -1.42. The lowest BCUT2D eigenvalue weighted by atomic mass is 10.1. The van der Waals surface area contributed by atoms with Crippen LogP contribution >= 0.6 is 0 Å². The second-order valence-corrected chi connectivity index (χ2v) is 7.93. The molecule has 0 aromatic carbocycles. The lowest BCUT2D eigenvalue weighted by molar-refractivity contribution is -0.138. The van der Waals surface area contributed by atoms with Crippen LogP contribution in [0.5, 0.6) is 0 Å². The van der Waals surface area contributed by atoms with Gasteiger partial charge in [0.25, 0.3) is 5.91 Å². The van der Waals surface area contributed by atoms with Gasteiger partial charge < -0.3 is 175 Å². The summed E-state index contributed by atoms with van der Waals surface area (Å²) in [4.78, 5) is 70.9. The van der Waals surface area contributed by atoms with Gasteiger partial charge in [-0.2, -0.15) is 9.80 Å². The summed E-state index contributed by atoms with van der Waals surface area (Å²) in [5.74, 6) is -3.74. The number of hydrogen-bond acceptors (Lipinski definition) is 38. The number of amides is 6. The second-order valence-electron chi connectivity index (χ2n) is 6.84. The third-order valence-corrected chi connectivity index (χ3v) is 5.40. The van der Waals surface area contributed by atoms with Gasteiger partial charge in [-0.1, -0.05) is 145 Å². The van der Waals surface area contributed by atoms with Crippen molar-refractivity contribution in [1.82, 2.24) is 9.80 Å². The minimum absolute atomic E-state index is 0.00850. The summed E-state index contributed by atoms with van der Waals surface area (Å²) in [6.45, 7) is 41.5. The van der Waals surface area contributed by atoms with Gasteiger partial charge in [0, 0.05) is 18.8 Å². The number of rotatable bonds is 8. The van der Waals surface area contributed by atoms with Crippen LogP contribution < -0.4 is 161 Å². The lowest BCUT2D eigenvalue weighted by Crippen LogP contribution is -2.39. The van der Waals surface area contributed by atoms with Crippen molar-refractivity contribution in [3.63, 3.8) is 0 Å². The molecule has 2 rings (SSSR count). The fraction of sp³-hybridized carbons (Fsp3) is 0.908. The van der Waals surface area contributed by atoms with Gasteiger partial charge in [0.1, 0.15) is 5.25 Å². The van der Waals surface area contributed by atoms with Crippen molar-refractivity contribution < 1.29 is 47.0 Å². The van der Waals surface area contributed by atoms with Crippen LogP contribution in [-0.4, -0.2) is 270 Å². The first-order valence-electron chi connectivity index (χ1n) is 35.5. The van der Waals surface area contributed by atoms with Crippen molar-refractivity contribution in [1.29, 1.82) is 0 Å². The maximum atomic E-state index is 11.8.